The van der Waals surface area contributed by atoms with Crippen molar-refractivity contribution < 1.29 is 37.1 Å². The number of unbranched alkanes of at least 4 members (excludes halogenated alkanes) is 2. The maximum Gasteiger partial charge on any atom is 0.529 e. The van der Waals surface area contributed by atoms with E-state index in [2.05, 4.69) is 39.8 Å². The molecule has 0 N–H and O–H groups in total. The zero-order chi connectivity index (χ0) is 28.2. The quantitative estimate of drug-likeness (QED) is 0.108. The Kier molecular flexibility index (Phi) is 13.6. The minimum Gasteiger partial charge on any atom is -0.467 e. The van der Waals surface area contributed by atoms with Crippen LogP contribution < -0.4 is 9.47 Å². The van der Waals surface area contributed by atoms with Gasteiger partial charge in [0.05, 0.1) is 13.2 Å². The fraction of sp³-hybridized carbons (Fsp3) is 0.724. The molecule has 218 valence electrons. The van der Waals surface area contributed by atoms with Crippen molar-refractivity contribution in [3.05, 3.63) is 35.1 Å². The van der Waals surface area contributed by atoms with Gasteiger partial charge in [-0.3, -0.25) is 9.05 Å². The normalized spacial score (nSPS) is 18.3. The van der Waals surface area contributed by atoms with Crippen molar-refractivity contribution in [2.75, 3.05) is 41.0 Å². The average Bonchev–Trinajstić information content (AvgIpc) is 2.85. The van der Waals surface area contributed by atoms with Crippen LogP contribution >= 0.6 is 7.82 Å². The van der Waals surface area contributed by atoms with Crippen LogP contribution in [0.25, 0.3) is 0 Å². The third-order valence-electron chi connectivity index (χ3n) is 6.65. The van der Waals surface area contributed by atoms with Crippen LogP contribution in [0, 0.1) is 11.3 Å². The van der Waals surface area contributed by atoms with Crippen molar-refractivity contribution in [3.8, 4) is 11.5 Å². The van der Waals surface area contributed by atoms with Crippen LogP contribution in [-0.2, 0) is 34.0 Å². The topological polar surface area (TPSA) is 81.7 Å². The molecule has 1 aromatic carbocycles. The van der Waals surface area contributed by atoms with Gasteiger partial charge < -0.3 is 23.5 Å². The van der Waals surface area contributed by atoms with Crippen molar-refractivity contribution in [1.82, 2.24) is 0 Å². The number of rotatable bonds is 17. The maximum absolute atomic E-state index is 13.2. The van der Waals surface area contributed by atoms with Crippen LogP contribution in [0.4, 0.5) is 0 Å². The number of benzene rings is 1. The first-order valence-electron chi connectivity index (χ1n) is 13.8. The van der Waals surface area contributed by atoms with Crippen LogP contribution in [0.5, 0.6) is 11.5 Å². The minimum atomic E-state index is -3.72. The molecule has 0 heterocycles. The van der Waals surface area contributed by atoms with E-state index in [4.69, 9.17) is 32.5 Å². The summed E-state index contributed by atoms with van der Waals surface area (Å²) in [7, 11) is -0.504. The van der Waals surface area contributed by atoms with E-state index >= 15 is 0 Å². The molecule has 0 radical (unpaired) electrons. The summed E-state index contributed by atoms with van der Waals surface area (Å²) < 4.78 is 52.9. The Balaban J connectivity index is 2.66. The monoisotopic (exact) mass is 556 g/mol. The number of phosphoric ester groups is 1. The molecule has 0 unspecified atom stereocenters. The van der Waals surface area contributed by atoms with Gasteiger partial charge in [0.15, 0.2) is 13.6 Å². The summed E-state index contributed by atoms with van der Waals surface area (Å²) in [4.78, 5) is 0. The van der Waals surface area contributed by atoms with Crippen LogP contribution in [0.2, 0.25) is 0 Å². The first-order chi connectivity index (χ1) is 18.1. The summed E-state index contributed by atoms with van der Waals surface area (Å²) in [5, 5.41) is 0. The Labute approximate surface area is 229 Å². The highest BCUT2D eigenvalue weighted by atomic mass is 31.2. The van der Waals surface area contributed by atoms with Crippen molar-refractivity contribution in [1.29, 1.82) is 0 Å². The molecule has 0 saturated carbocycles. The molecule has 0 amide bonds. The Morgan fingerprint density at radius 2 is 1.50 bits per heavy atom. The number of phosphoric acid groups is 1. The van der Waals surface area contributed by atoms with Gasteiger partial charge in [-0.2, -0.15) is 0 Å². The maximum atomic E-state index is 13.2. The second kappa shape index (κ2) is 15.9. The summed E-state index contributed by atoms with van der Waals surface area (Å²) in [6.45, 7) is 13.1. The fourth-order valence-corrected chi connectivity index (χ4v) is 6.20. The molecule has 38 heavy (non-hydrogen) atoms. The van der Waals surface area contributed by atoms with Gasteiger partial charge in [0, 0.05) is 32.1 Å². The van der Waals surface area contributed by atoms with Crippen LogP contribution in [0.3, 0.4) is 0 Å². The van der Waals surface area contributed by atoms with E-state index < -0.39 is 7.82 Å². The zero-order valence-corrected chi connectivity index (χ0v) is 25.6. The van der Waals surface area contributed by atoms with Gasteiger partial charge in [-0.15, -0.1) is 0 Å². The summed E-state index contributed by atoms with van der Waals surface area (Å²) in [5.41, 5.74) is 2.01. The number of ether oxygens (including phenoxy) is 4. The molecule has 1 aliphatic carbocycles. The molecule has 0 bridgehead atoms. The highest BCUT2D eigenvalue weighted by Gasteiger charge is 2.40. The molecule has 1 aromatic rings. The first kappa shape index (κ1) is 32.6. The van der Waals surface area contributed by atoms with Gasteiger partial charge in [0.2, 0.25) is 0 Å². The van der Waals surface area contributed by atoms with Gasteiger partial charge in [-0.1, -0.05) is 40.5 Å². The molecule has 0 saturated heterocycles. The summed E-state index contributed by atoms with van der Waals surface area (Å²) >= 11 is 0. The smallest absolute Gasteiger partial charge is 0.467 e. The molecule has 2 atom stereocenters. The average molecular weight is 557 g/mol. The highest BCUT2D eigenvalue weighted by molar-refractivity contribution is 7.48. The van der Waals surface area contributed by atoms with Crippen LogP contribution in [0.15, 0.2) is 24.0 Å². The molecular weight excluding hydrogens is 507 g/mol. The lowest BCUT2D eigenvalue weighted by atomic mass is 9.66. The fourth-order valence-electron chi connectivity index (χ4n) is 4.95. The Morgan fingerprint density at radius 3 is 1.97 bits per heavy atom. The Bertz CT molecular complexity index is 885. The zero-order valence-electron chi connectivity index (χ0n) is 24.7. The van der Waals surface area contributed by atoms with Crippen LogP contribution in [0.1, 0.15) is 90.7 Å². The first-order valence-corrected chi connectivity index (χ1v) is 15.3. The highest BCUT2D eigenvalue weighted by Crippen LogP contribution is 2.56. The van der Waals surface area contributed by atoms with E-state index in [0.717, 1.165) is 43.2 Å². The van der Waals surface area contributed by atoms with Gasteiger partial charge in [0.1, 0.15) is 17.3 Å². The van der Waals surface area contributed by atoms with Crippen molar-refractivity contribution >= 4 is 7.82 Å². The summed E-state index contributed by atoms with van der Waals surface area (Å²) in [6.07, 6.45) is 7.79. The number of methoxy groups -OCH3 is 2. The Morgan fingerprint density at radius 1 is 0.921 bits per heavy atom. The van der Waals surface area contributed by atoms with E-state index in [1.54, 1.807) is 28.1 Å². The van der Waals surface area contributed by atoms with Gasteiger partial charge in [-0.05, 0) is 68.2 Å². The standard InChI is InChI=1S/C29H49O8P/c1-9-12-13-14-22-17-26(33-20-31-7)28(27(18-22)34-21-32-8)24-19-23(15-16-25(24)29(4,5)6)37-38(30,35-10-2)36-11-3/h17-19,24-25H,9-16,20-21H2,1-8H3/t24-,25-/m1/s1. The lowest BCUT2D eigenvalue weighted by molar-refractivity contribution is 0.0429. The van der Waals surface area contributed by atoms with E-state index in [9.17, 15) is 4.57 Å². The largest absolute Gasteiger partial charge is 0.529 e. The molecular formula is C29H49O8P. The predicted molar refractivity (Wildman–Crippen MR) is 150 cm³/mol. The lowest BCUT2D eigenvalue weighted by Gasteiger charge is -2.40. The molecule has 2 rings (SSSR count). The number of aryl methyl sites for hydroxylation is 1. The third kappa shape index (κ3) is 9.56. The predicted octanol–water partition coefficient (Wildman–Crippen LogP) is 8.01. The van der Waals surface area contributed by atoms with E-state index in [1.165, 1.54) is 0 Å². The lowest BCUT2D eigenvalue weighted by Crippen LogP contribution is -2.30. The second-order valence-corrected chi connectivity index (χ2v) is 12.2. The third-order valence-corrected chi connectivity index (χ3v) is 8.25. The van der Waals surface area contributed by atoms with E-state index in [0.29, 0.717) is 23.7 Å². The number of hydrogen-bond donors (Lipinski definition) is 0. The van der Waals surface area contributed by atoms with Crippen molar-refractivity contribution in [2.45, 2.75) is 86.0 Å². The van der Waals surface area contributed by atoms with E-state index in [-0.39, 0.29) is 44.1 Å². The second-order valence-electron chi connectivity index (χ2n) is 10.6. The minimum absolute atomic E-state index is 0.0346. The SMILES string of the molecule is CCCCCc1cc(OCOC)c([C@@H]2C=C(OP(=O)(OCC)OCC)CC[C@H]2C(C)(C)C)c(OCOC)c1. The van der Waals surface area contributed by atoms with Gasteiger partial charge in [0.25, 0.3) is 0 Å². The van der Waals surface area contributed by atoms with Crippen molar-refractivity contribution in [2.24, 2.45) is 11.3 Å². The molecule has 0 aliphatic heterocycles. The van der Waals surface area contributed by atoms with Crippen LogP contribution in [-0.4, -0.2) is 41.0 Å². The summed E-state index contributed by atoms with van der Waals surface area (Å²) in [6, 6.07) is 4.19. The van der Waals surface area contributed by atoms with Gasteiger partial charge in [-0.25, -0.2) is 4.57 Å². The summed E-state index contributed by atoms with van der Waals surface area (Å²) in [5.74, 6) is 2.10. The Hall–Kier alpha value is -1.57. The number of allylic oxidation sites excluding steroid dienone is 2. The van der Waals surface area contributed by atoms with E-state index in [1.807, 2.05) is 6.08 Å². The molecule has 9 heteroatoms. The number of hydrogen-bond acceptors (Lipinski definition) is 8. The van der Waals surface area contributed by atoms with Crippen molar-refractivity contribution in [3.63, 3.8) is 0 Å². The molecule has 0 aromatic heterocycles. The molecule has 0 fully saturated rings. The molecule has 8 nitrogen and oxygen atoms in total. The molecule has 0 spiro atoms. The molecule has 1 aliphatic rings. The van der Waals surface area contributed by atoms with Gasteiger partial charge >= 0.3 is 7.82 Å².